The summed E-state index contributed by atoms with van der Waals surface area (Å²) in [7, 11) is 0. The van der Waals surface area contributed by atoms with Gasteiger partial charge in [0.05, 0.1) is 0 Å². The zero-order valence-electron chi connectivity index (χ0n) is 14.7. The SMILES string of the molecule is CC1C(=O)N(C(C)(CC=O)C(=O)O)CCN1c1cccc(OC(F)(F)F)c1. The first kappa shape index (κ1) is 20.5. The third kappa shape index (κ3) is 4.32. The number of aliphatic carboxylic acids is 1. The molecule has 0 aliphatic carbocycles. The van der Waals surface area contributed by atoms with E-state index >= 15 is 0 Å². The Morgan fingerprint density at radius 1 is 1.37 bits per heavy atom. The van der Waals surface area contributed by atoms with Crippen LogP contribution in [0.15, 0.2) is 24.3 Å². The Hall–Kier alpha value is -2.78. The van der Waals surface area contributed by atoms with Gasteiger partial charge in [-0.15, -0.1) is 13.2 Å². The molecule has 1 aliphatic rings. The molecule has 27 heavy (non-hydrogen) atoms. The summed E-state index contributed by atoms with van der Waals surface area (Å²) in [6.07, 6.45) is -4.76. The van der Waals surface area contributed by atoms with Gasteiger partial charge in [-0.25, -0.2) is 4.79 Å². The van der Waals surface area contributed by atoms with Gasteiger partial charge >= 0.3 is 12.3 Å². The van der Waals surface area contributed by atoms with Crippen LogP contribution in [0, 0.1) is 0 Å². The Labute approximate surface area is 153 Å². The van der Waals surface area contributed by atoms with Crippen molar-refractivity contribution < 1.29 is 37.4 Å². The predicted molar refractivity (Wildman–Crippen MR) is 88.4 cm³/mol. The molecule has 1 aromatic carbocycles. The van der Waals surface area contributed by atoms with Crippen molar-refractivity contribution in [3.63, 3.8) is 0 Å². The van der Waals surface area contributed by atoms with E-state index in [-0.39, 0.29) is 19.5 Å². The van der Waals surface area contributed by atoms with Crippen LogP contribution in [0.2, 0.25) is 0 Å². The third-order valence-electron chi connectivity index (χ3n) is 4.58. The molecule has 7 nitrogen and oxygen atoms in total. The second-order valence-corrected chi connectivity index (χ2v) is 6.35. The van der Waals surface area contributed by atoms with E-state index in [1.54, 1.807) is 4.90 Å². The molecule has 1 amide bonds. The molecular weight excluding hydrogens is 369 g/mol. The van der Waals surface area contributed by atoms with Crippen LogP contribution in [0.3, 0.4) is 0 Å². The van der Waals surface area contributed by atoms with Crippen LogP contribution in [-0.2, 0) is 14.4 Å². The van der Waals surface area contributed by atoms with Crippen molar-refractivity contribution in [1.82, 2.24) is 4.90 Å². The molecule has 2 unspecified atom stereocenters. The first-order chi connectivity index (χ1) is 12.5. The summed E-state index contributed by atoms with van der Waals surface area (Å²) < 4.78 is 41.1. The van der Waals surface area contributed by atoms with Crippen LogP contribution in [0.1, 0.15) is 20.3 Å². The maximum absolute atomic E-state index is 12.7. The minimum Gasteiger partial charge on any atom is -0.479 e. The fourth-order valence-electron chi connectivity index (χ4n) is 3.05. The number of anilines is 1. The van der Waals surface area contributed by atoms with E-state index in [2.05, 4.69) is 4.74 Å². The van der Waals surface area contributed by atoms with Crippen LogP contribution in [-0.4, -0.2) is 59.2 Å². The Bertz CT molecular complexity index is 740. The number of carboxylic acids is 1. The first-order valence-electron chi connectivity index (χ1n) is 8.10. The van der Waals surface area contributed by atoms with E-state index in [0.29, 0.717) is 12.0 Å². The highest BCUT2D eigenvalue weighted by Crippen LogP contribution is 2.31. The number of halogens is 3. The molecular formula is C17H19F3N2O5. The molecule has 1 aromatic rings. The molecule has 148 valence electrons. The van der Waals surface area contributed by atoms with Crippen LogP contribution in [0.25, 0.3) is 0 Å². The molecule has 1 heterocycles. The van der Waals surface area contributed by atoms with Gasteiger partial charge in [0.1, 0.15) is 23.6 Å². The fourth-order valence-corrected chi connectivity index (χ4v) is 3.05. The van der Waals surface area contributed by atoms with Gasteiger partial charge in [-0.2, -0.15) is 0 Å². The molecule has 10 heteroatoms. The number of carbonyl (C=O) groups excluding carboxylic acids is 2. The second kappa shape index (κ2) is 7.45. The topological polar surface area (TPSA) is 87.2 Å². The number of carbonyl (C=O) groups is 3. The Balaban J connectivity index is 2.25. The lowest BCUT2D eigenvalue weighted by atomic mass is 9.93. The maximum atomic E-state index is 12.7. The summed E-state index contributed by atoms with van der Waals surface area (Å²) in [6.45, 7) is 3.01. The van der Waals surface area contributed by atoms with Gasteiger partial charge in [0.2, 0.25) is 5.91 Å². The summed E-state index contributed by atoms with van der Waals surface area (Å²) in [5.74, 6) is -2.25. The van der Waals surface area contributed by atoms with Gasteiger partial charge in [0.15, 0.2) is 0 Å². The summed E-state index contributed by atoms with van der Waals surface area (Å²) >= 11 is 0. The van der Waals surface area contributed by atoms with Crippen LogP contribution in [0.4, 0.5) is 18.9 Å². The molecule has 0 aromatic heterocycles. The molecule has 2 atom stereocenters. The smallest absolute Gasteiger partial charge is 0.479 e. The number of piperazine rings is 1. The molecule has 0 bridgehead atoms. The lowest BCUT2D eigenvalue weighted by Crippen LogP contribution is -2.65. The average molecular weight is 388 g/mol. The number of rotatable bonds is 6. The minimum atomic E-state index is -4.84. The summed E-state index contributed by atoms with van der Waals surface area (Å²) in [5.41, 5.74) is -1.34. The normalized spacial score (nSPS) is 20.2. The number of ether oxygens (including phenoxy) is 1. The zero-order valence-corrected chi connectivity index (χ0v) is 14.7. The van der Waals surface area contributed by atoms with Gasteiger partial charge in [-0.1, -0.05) is 6.07 Å². The van der Waals surface area contributed by atoms with Crippen molar-refractivity contribution in [3.8, 4) is 5.75 Å². The van der Waals surface area contributed by atoms with Crippen molar-refractivity contribution in [2.45, 2.75) is 38.2 Å². The van der Waals surface area contributed by atoms with Crippen LogP contribution in [0.5, 0.6) is 5.75 Å². The molecule has 1 fully saturated rings. The van der Waals surface area contributed by atoms with E-state index in [1.165, 1.54) is 26.0 Å². The molecule has 0 radical (unpaired) electrons. The van der Waals surface area contributed by atoms with Gasteiger partial charge in [0, 0.05) is 31.3 Å². The van der Waals surface area contributed by atoms with E-state index in [4.69, 9.17) is 0 Å². The third-order valence-corrected chi connectivity index (χ3v) is 4.58. The molecule has 0 saturated carbocycles. The number of aldehydes is 1. The average Bonchev–Trinajstić information content (AvgIpc) is 2.55. The van der Waals surface area contributed by atoms with Crippen LogP contribution >= 0.6 is 0 Å². The second-order valence-electron chi connectivity index (χ2n) is 6.35. The summed E-state index contributed by atoms with van der Waals surface area (Å²) in [5, 5.41) is 9.46. The number of benzene rings is 1. The van der Waals surface area contributed by atoms with Gasteiger partial charge < -0.3 is 24.4 Å². The monoisotopic (exact) mass is 388 g/mol. The van der Waals surface area contributed by atoms with Gasteiger partial charge in [-0.3, -0.25) is 4.79 Å². The summed E-state index contributed by atoms with van der Waals surface area (Å²) in [6, 6.07) is 4.38. The number of hydrogen-bond acceptors (Lipinski definition) is 5. The summed E-state index contributed by atoms with van der Waals surface area (Å²) in [4.78, 5) is 37.9. The lowest BCUT2D eigenvalue weighted by Gasteiger charge is -2.46. The molecule has 2 rings (SSSR count). The van der Waals surface area contributed by atoms with Crippen molar-refractivity contribution in [1.29, 1.82) is 0 Å². The molecule has 1 saturated heterocycles. The Morgan fingerprint density at radius 2 is 2.04 bits per heavy atom. The predicted octanol–water partition coefficient (Wildman–Crippen LogP) is 2.05. The van der Waals surface area contributed by atoms with Crippen LogP contribution < -0.4 is 9.64 Å². The number of hydrogen-bond donors (Lipinski definition) is 1. The Kier molecular flexibility index (Phi) is 5.67. The van der Waals surface area contributed by atoms with E-state index in [9.17, 15) is 32.7 Å². The number of alkyl halides is 3. The lowest BCUT2D eigenvalue weighted by molar-refractivity contribution is -0.274. The van der Waals surface area contributed by atoms with Gasteiger partial charge in [-0.05, 0) is 26.0 Å². The fraction of sp³-hybridized carbons (Fsp3) is 0.471. The standard InChI is InChI=1S/C17H19F3N2O5/c1-11-14(24)22(16(2,6-9-23)15(25)26)8-7-21(11)12-4-3-5-13(10-12)27-17(18,19)20/h3-5,9-11H,6-8H2,1-2H3,(H,25,26). The van der Waals surface area contributed by atoms with E-state index in [0.717, 1.165) is 17.0 Å². The Morgan fingerprint density at radius 3 is 2.59 bits per heavy atom. The van der Waals surface area contributed by atoms with E-state index < -0.39 is 35.6 Å². The minimum absolute atomic E-state index is 0.00414. The highest BCUT2D eigenvalue weighted by molar-refractivity contribution is 5.93. The van der Waals surface area contributed by atoms with Crippen molar-refractivity contribution in [3.05, 3.63) is 24.3 Å². The molecule has 1 aliphatic heterocycles. The molecule has 0 spiro atoms. The number of amides is 1. The zero-order chi connectivity index (χ0) is 20.4. The van der Waals surface area contributed by atoms with Crippen molar-refractivity contribution in [2.75, 3.05) is 18.0 Å². The highest BCUT2D eigenvalue weighted by Gasteiger charge is 2.46. The van der Waals surface area contributed by atoms with E-state index in [1.807, 2.05) is 0 Å². The molecule has 1 N–H and O–H groups in total. The quantitative estimate of drug-likeness (QED) is 0.751. The maximum Gasteiger partial charge on any atom is 0.573 e. The largest absolute Gasteiger partial charge is 0.573 e. The number of nitrogens with zero attached hydrogens (tertiary/aromatic N) is 2. The highest BCUT2D eigenvalue weighted by atomic mass is 19.4. The number of carboxylic acid groups (broad SMARTS) is 1. The van der Waals surface area contributed by atoms with Crippen molar-refractivity contribution >= 4 is 23.9 Å². The first-order valence-corrected chi connectivity index (χ1v) is 8.10. The van der Waals surface area contributed by atoms with Gasteiger partial charge in [0.25, 0.3) is 0 Å². The van der Waals surface area contributed by atoms with Crippen molar-refractivity contribution in [2.24, 2.45) is 0 Å².